The minimum Gasteiger partial charge on any atom is -0.353 e. The van der Waals surface area contributed by atoms with E-state index in [1.165, 1.54) is 0 Å². The monoisotopic (exact) mass is 1610 g/mol. The number of H-pyrrole nitrogens is 3. The molecule has 16 aromatic rings. The molecule has 4 aromatic heterocycles. The summed E-state index contributed by atoms with van der Waals surface area (Å²) in [5.41, 5.74) is 23.2. The van der Waals surface area contributed by atoms with Gasteiger partial charge in [0.05, 0.1) is 83.2 Å². The van der Waals surface area contributed by atoms with Crippen molar-refractivity contribution in [1.82, 2.24) is 19.6 Å². The van der Waals surface area contributed by atoms with Crippen molar-refractivity contribution < 1.29 is 35.1 Å². The van der Waals surface area contributed by atoms with Gasteiger partial charge in [0.2, 0.25) is 0 Å². The Kier molecular flexibility index (Phi) is 19.6. The highest BCUT2D eigenvalue weighted by Gasteiger charge is 2.35. The molecule has 0 fully saturated rings. The number of nitrogens with one attached hydrogen (secondary N) is 11. The van der Waals surface area contributed by atoms with E-state index in [2.05, 4.69) is 62.6 Å². The molecular formula is C96H84F8N16. The molecule has 0 saturated carbocycles. The average molecular weight is 1610 g/mol. The maximum Gasteiger partial charge on any atom is 0.198 e. The standard InChI is InChI=1S/C96H84F8N16/c1-42-25-17-26-43(2)75(42)105-59-41-58-60(84(107-77-46(5)29-19-30-47(77)6)83(59)106-76-44(3)27-18-28-45(76)4)90-112-89(58)113-91-61-62(68(98)72(102)71(101)67(61)97)92(114-91)115-93-63-64(70(100)74(104)73(103)69(63)99)94(116-93)118-96-66-65(95(117-90)120(96)119-82-56(15)39-24-40-57(82)16)85(108-78-48(7)31-20-32-49(78)8)87(110-80-52(11)35-22-36-53(80)12)88(111-81-54(13)37-23-38-55(81)14)86(66)109-79-50(9)33-21-34-51(79)10/h17-41,105-111,119H,1-16H3,(H3,112,113,114,115,116,117,118). The second kappa shape index (κ2) is 30.1. The number of nitrogens with zero attached hydrogens (tertiary/aromatic N) is 5. The van der Waals surface area contributed by atoms with Crippen LogP contribution in [-0.2, 0) is 0 Å². The SMILES string of the molecule is Cc1cccc(C)c1Nc1cc2c3[nH]c(c2c(Nc2c(C)cccc2C)c1Nc1c(C)cccc1C)N=c1c2c(Nc4c(C)cccc4C)c(Nc4c(C)cccc4C)c(Nc4c(C)cccc4C)c(Nc4c(C)cccc4C)c2c(n1Nc1c(C)cccc1C)=Nc1[nH]c(c2c(F)c(F)c(F)c(F)c12)N=c1[nH]c(c2c(F)c(F)c(F)c(F)c12)=N3. The summed E-state index contributed by atoms with van der Waals surface area (Å²) in [5.74, 6) is -18.6. The molecule has 0 unspecified atom stereocenters. The lowest BCUT2D eigenvalue weighted by Gasteiger charge is -2.27. The van der Waals surface area contributed by atoms with Crippen LogP contribution in [0.2, 0.25) is 0 Å². The van der Waals surface area contributed by atoms with Crippen molar-refractivity contribution in [2.45, 2.75) is 111 Å². The summed E-state index contributed by atoms with van der Waals surface area (Å²) < 4.78 is 139. The van der Waals surface area contributed by atoms with E-state index in [9.17, 15) is 0 Å². The van der Waals surface area contributed by atoms with Gasteiger partial charge in [0.15, 0.2) is 57.5 Å². The molecule has 17 rings (SSSR count). The number of aromatic nitrogens is 4. The number of fused-ring (bicyclic) bond motifs is 20. The third-order valence-corrected chi connectivity index (χ3v) is 23.1. The quantitative estimate of drug-likeness (QED) is 0.0255. The summed E-state index contributed by atoms with van der Waals surface area (Å²) in [5, 5.41) is 24.6. The predicted molar refractivity (Wildman–Crippen MR) is 469 cm³/mol. The fraction of sp³-hybridized carbons (Fsp3) is 0.167. The topological polar surface area (TPSA) is 198 Å². The number of aromatic amines is 3. The van der Waals surface area contributed by atoms with Gasteiger partial charge in [-0.05, 0) is 206 Å². The Labute approximate surface area is 685 Å². The Morgan fingerprint density at radius 2 is 0.467 bits per heavy atom. The van der Waals surface area contributed by atoms with E-state index in [1.54, 1.807) is 4.68 Å². The predicted octanol–water partition coefficient (Wildman–Crippen LogP) is 25.3. The van der Waals surface area contributed by atoms with Crippen LogP contribution in [0.15, 0.2) is 172 Å². The van der Waals surface area contributed by atoms with Crippen LogP contribution in [0.1, 0.15) is 89.0 Å². The fourth-order valence-corrected chi connectivity index (χ4v) is 16.7. The first-order valence-electron chi connectivity index (χ1n) is 39.3. The van der Waals surface area contributed by atoms with Gasteiger partial charge in [0, 0.05) is 45.2 Å². The zero-order chi connectivity index (χ0) is 84.6. The van der Waals surface area contributed by atoms with Crippen LogP contribution in [0.3, 0.4) is 0 Å². The van der Waals surface area contributed by atoms with Gasteiger partial charge in [0.1, 0.15) is 34.2 Å². The van der Waals surface area contributed by atoms with Gasteiger partial charge in [0.25, 0.3) is 0 Å². The third-order valence-electron chi connectivity index (χ3n) is 23.1. The van der Waals surface area contributed by atoms with Crippen molar-refractivity contribution in [3.8, 4) is 0 Å². The number of benzene rings is 12. The second-order valence-electron chi connectivity index (χ2n) is 31.4. The molecule has 12 aromatic carbocycles. The summed E-state index contributed by atoms with van der Waals surface area (Å²) in [6.07, 6.45) is 0. The van der Waals surface area contributed by atoms with Crippen molar-refractivity contribution in [2.24, 2.45) is 20.0 Å². The Hall–Kier alpha value is -14.2. The Bertz CT molecular complexity index is 7210. The first kappa shape index (κ1) is 78.4. The number of halogens is 8. The summed E-state index contributed by atoms with van der Waals surface area (Å²) in [6.45, 7) is 31.6. The van der Waals surface area contributed by atoms with Gasteiger partial charge in [-0.1, -0.05) is 146 Å². The highest BCUT2D eigenvalue weighted by molar-refractivity contribution is 6.19. The minimum absolute atomic E-state index is 0.00222. The van der Waals surface area contributed by atoms with Gasteiger partial charge >= 0.3 is 0 Å². The lowest BCUT2D eigenvalue weighted by atomic mass is 10.0. The minimum atomic E-state index is -2.27. The first-order valence-corrected chi connectivity index (χ1v) is 39.3. The molecule has 5 heterocycles. The summed E-state index contributed by atoms with van der Waals surface area (Å²) in [6, 6.07) is 49.0. The molecule has 0 amide bonds. The number of hydrogen-bond acceptors (Lipinski definition) is 12. The van der Waals surface area contributed by atoms with Crippen LogP contribution >= 0.6 is 0 Å². The summed E-state index contributed by atoms with van der Waals surface area (Å²) >= 11 is 0. The van der Waals surface area contributed by atoms with E-state index in [1.807, 2.05) is 262 Å². The van der Waals surface area contributed by atoms with E-state index < -0.39 is 90.7 Å². The molecule has 1 aliphatic heterocycles. The second-order valence-corrected chi connectivity index (χ2v) is 31.4. The average Bonchev–Trinajstić information content (AvgIpc) is 1.50. The van der Waals surface area contributed by atoms with Gasteiger partial charge in [-0.15, -0.1) is 0 Å². The van der Waals surface area contributed by atoms with Crippen molar-refractivity contribution in [2.75, 3.05) is 42.6 Å². The molecule has 120 heavy (non-hydrogen) atoms. The van der Waals surface area contributed by atoms with E-state index in [4.69, 9.17) is 15.0 Å². The lowest BCUT2D eigenvalue weighted by Crippen LogP contribution is -2.34. The molecule has 16 nitrogen and oxygen atoms in total. The number of aryl methyl sites for hydroxylation is 16. The molecular weight excluding hydrogens is 1530 g/mol. The fourth-order valence-electron chi connectivity index (χ4n) is 16.7. The Morgan fingerprint density at radius 3 is 0.792 bits per heavy atom. The molecule has 0 saturated heterocycles. The number of para-hydroxylation sites is 8. The third kappa shape index (κ3) is 13.1. The van der Waals surface area contributed by atoms with Gasteiger partial charge < -0.3 is 52.2 Å². The zero-order valence-electron chi connectivity index (χ0n) is 68.7. The van der Waals surface area contributed by atoms with Crippen molar-refractivity contribution in [3.05, 3.63) is 309 Å². The molecule has 0 radical (unpaired) electrons. The molecule has 0 spiro atoms. The van der Waals surface area contributed by atoms with Crippen LogP contribution in [0, 0.1) is 157 Å². The highest BCUT2D eigenvalue weighted by atomic mass is 19.2. The van der Waals surface area contributed by atoms with E-state index in [0.29, 0.717) is 79.4 Å². The van der Waals surface area contributed by atoms with Gasteiger partial charge in [-0.2, -0.15) is 0 Å². The maximum absolute atomic E-state index is 18.1. The highest BCUT2D eigenvalue weighted by Crippen LogP contribution is 2.54. The zero-order valence-corrected chi connectivity index (χ0v) is 68.7. The largest absolute Gasteiger partial charge is 0.353 e. The molecule has 604 valence electrons. The van der Waals surface area contributed by atoms with E-state index >= 15 is 35.1 Å². The number of rotatable bonds is 16. The molecule has 24 heteroatoms. The maximum atomic E-state index is 18.1. The van der Waals surface area contributed by atoms with Crippen LogP contribution < -0.4 is 64.6 Å². The van der Waals surface area contributed by atoms with Gasteiger partial charge in [-0.3, -0.25) is 5.43 Å². The van der Waals surface area contributed by atoms with E-state index in [0.717, 1.165) is 89.3 Å². The molecule has 11 N–H and O–H groups in total. The lowest BCUT2D eigenvalue weighted by molar-refractivity contribution is 0.418. The van der Waals surface area contributed by atoms with E-state index in [-0.39, 0.29) is 49.8 Å². The number of hydrogen-bond donors (Lipinski definition) is 11. The summed E-state index contributed by atoms with van der Waals surface area (Å²) in [7, 11) is 0. The molecule has 0 atom stereocenters. The normalized spacial score (nSPS) is 11.9. The van der Waals surface area contributed by atoms with Crippen LogP contribution in [0.5, 0.6) is 0 Å². The van der Waals surface area contributed by atoms with Gasteiger partial charge in [-0.25, -0.2) is 59.8 Å². The molecule has 1 aliphatic rings. The Morgan fingerprint density at radius 1 is 0.225 bits per heavy atom. The smallest absolute Gasteiger partial charge is 0.198 e. The molecule has 8 bridgehead atoms. The van der Waals surface area contributed by atoms with Crippen LogP contribution in [0.4, 0.5) is 144 Å². The Balaban J connectivity index is 1.22. The molecule has 0 aliphatic carbocycles. The number of anilines is 15. The van der Waals surface area contributed by atoms with Crippen LogP contribution in [0.25, 0.3) is 43.1 Å². The van der Waals surface area contributed by atoms with Crippen LogP contribution in [-0.4, -0.2) is 19.6 Å². The van der Waals surface area contributed by atoms with Crippen molar-refractivity contribution in [1.29, 1.82) is 0 Å². The summed E-state index contributed by atoms with van der Waals surface area (Å²) in [4.78, 5) is 30.7. The van der Waals surface area contributed by atoms with Crippen molar-refractivity contribution >= 4 is 152 Å². The van der Waals surface area contributed by atoms with Crippen molar-refractivity contribution in [3.63, 3.8) is 0 Å². The first-order chi connectivity index (χ1) is 57.5.